The van der Waals surface area contributed by atoms with Gasteiger partial charge in [0.2, 0.25) is 5.91 Å². The molecule has 0 fully saturated rings. The number of rotatable bonds is 21. The average molecular weight is 411 g/mol. The number of ether oxygens (including phenoxy) is 1. The molecule has 0 aliphatic carbocycles. The molecular weight excluding hydrogens is 364 g/mol. The van der Waals surface area contributed by atoms with Crippen molar-refractivity contribution < 1.29 is 9.53 Å². The van der Waals surface area contributed by atoms with Crippen molar-refractivity contribution in [3.8, 4) is 0 Å². The van der Waals surface area contributed by atoms with E-state index in [4.69, 9.17) is 4.74 Å². The predicted molar refractivity (Wildman–Crippen MR) is 123 cm³/mol. The highest BCUT2D eigenvalue weighted by Gasteiger charge is 2.00. The number of amides is 1. The third-order valence-electron chi connectivity index (χ3n) is 5.02. The van der Waals surface area contributed by atoms with Gasteiger partial charge < -0.3 is 10.1 Å². The zero-order valence-electron chi connectivity index (χ0n) is 19.4. The van der Waals surface area contributed by atoms with E-state index in [9.17, 15) is 4.79 Å². The van der Waals surface area contributed by atoms with E-state index >= 15 is 0 Å². The molecule has 0 atom stereocenters. The van der Waals surface area contributed by atoms with Crippen molar-refractivity contribution in [2.45, 2.75) is 110 Å². The number of carbonyl (C=O) groups excluding carboxylic acids is 1. The molecule has 1 amide bonds. The summed E-state index contributed by atoms with van der Waals surface area (Å²) in [6.45, 7) is 5.95. The van der Waals surface area contributed by atoms with Crippen molar-refractivity contribution in [3.63, 3.8) is 0 Å². The van der Waals surface area contributed by atoms with Crippen LogP contribution in [0.1, 0.15) is 110 Å². The van der Waals surface area contributed by atoms with E-state index in [2.05, 4.69) is 20.8 Å². The molecule has 0 aromatic carbocycles. The number of nitrogens with zero attached hydrogens (tertiary/aromatic N) is 3. The van der Waals surface area contributed by atoms with Crippen molar-refractivity contribution >= 4 is 11.6 Å². The van der Waals surface area contributed by atoms with E-state index < -0.39 is 0 Å². The lowest BCUT2D eigenvalue weighted by Crippen LogP contribution is -2.26. The van der Waals surface area contributed by atoms with Gasteiger partial charge in [0, 0.05) is 25.3 Å². The van der Waals surface area contributed by atoms with Gasteiger partial charge in [0.05, 0.1) is 13.7 Å². The quantitative estimate of drug-likeness (QED) is 0.102. The summed E-state index contributed by atoms with van der Waals surface area (Å²) in [5, 5.41) is 14.2. The number of nitrogens with one attached hydrogen (secondary N) is 1. The standard InChI is InChI=1S/C23H46N4O2/c1-4-29-21-20-25-23(28)19-17-15-13-11-9-7-5-6-8-10-12-14-16-18-22(2)26-27-24-3/h4-21H2,1-3H3,(H,25,28)/b26-22+,27-24-. The zero-order chi connectivity index (χ0) is 21.4. The molecular formula is C23H46N4O2. The molecule has 0 spiro atoms. The van der Waals surface area contributed by atoms with E-state index in [1.165, 1.54) is 77.0 Å². The Bertz CT molecular complexity index is 425. The summed E-state index contributed by atoms with van der Waals surface area (Å²) in [5.41, 5.74) is 1.08. The molecule has 0 unspecified atom stereocenters. The maximum absolute atomic E-state index is 11.6. The summed E-state index contributed by atoms with van der Waals surface area (Å²) < 4.78 is 5.21. The first-order valence-corrected chi connectivity index (χ1v) is 11.9. The monoisotopic (exact) mass is 410 g/mol. The third kappa shape index (κ3) is 22.8. The van der Waals surface area contributed by atoms with Gasteiger partial charge in [0.15, 0.2) is 0 Å². The van der Waals surface area contributed by atoms with Crippen LogP contribution in [0.3, 0.4) is 0 Å². The first-order valence-electron chi connectivity index (χ1n) is 11.9. The summed E-state index contributed by atoms with van der Waals surface area (Å²) in [6, 6.07) is 0. The van der Waals surface area contributed by atoms with Gasteiger partial charge in [-0.3, -0.25) is 4.79 Å². The van der Waals surface area contributed by atoms with Crippen molar-refractivity contribution in [2.24, 2.45) is 15.4 Å². The lowest BCUT2D eigenvalue weighted by molar-refractivity contribution is -0.121. The highest BCUT2D eigenvalue weighted by Crippen LogP contribution is 2.13. The highest BCUT2D eigenvalue weighted by molar-refractivity contribution is 5.81. The van der Waals surface area contributed by atoms with Gasteiger partial charge in [-0.25, -0.2) is 0 Å². The van der Waals surface area contributed by atoms with Crippen LogP contribution >= 0.6 is 0 Å². The second kappa shape index (κ2) is 23.0. The average Bonchev–Trinajstić information content (AvgIpc) is 2.72. The molecule has 0 aliphatic heterocycles. The SMILES string of the molecule is CCOCCNC(=O)CCCCCCCCCCCCCCC/C(C)=N/N=N\C. The van der Waals surface area contributed by atoms with E-state index in [-0.39, 0.29) is 5.91 Å². The summed E-state index contributed by atoms with van der Waals surface area (Å²) in [7, 11) is 1.65. The minimum atomic E-state index is 0.163. The molecule has 6 heteroatoms. The maximum Gasteiger partial charge on any atom is 0.220 e. The molecule has 0 rings (SSSR count). The van der Waals surface area contributed by atoms with Gasteiger partial charge in [0.25, 0.3) is 0 Å². The van der Waals surface area contributed by atoms with Crippen LogP contribution in [0.5, 0.6) is 0 Å². The first kappa shape index (κ1) is 27.7. The highest BCUT2D eigenvalue weighted by atomic mass is 16.5. The largest absolute Gasteiger partial charge is 0.380 e. The second-order valence-corrected chi connectivity index (χ2v) is 7.77. The lowest BCUT2D eigenvalue weighted by atomic mass is 10.0. The number of unbranched alkanes of at least 4 members (excludes halogenated alkanes) is 12. The van der Waals surface area contributed by atoms with Crippen molar-refractivity contribution in [2.75, 3.05) is 26.8 Å². The van der Waals surface area contributed by atoms with Crippen LogP contribution in [-0.4, -0.2) is 38.4 Å². The normalized spacial score (nSPS) is 12.0. The van der Waals surface area contributed by atoms with E-state index in [0.717, 1.165) is 18.6 Å². The molecule has 0 heterocycles. The Kier molecular flexibility index (Phi) is 22.0. The van der Waals surface area contributed by atoms with Gasteiger partial charge in [-0.15, -0.1) is 5.10 Å². The van der Waals surface area contributed by atoms with Crippen LogP contribution in [0.4, 0.5) is 0 Å². The second-order valence-electron chi connectivity index (χ2n) is 7.77. The third-order valence-corrected chi connectivity index (χ3v) is 5.02. The summed E-state index contributed by atoms with van der Waals surface area (Å²) in [4.78, 5) is 11.6. The molecule has 0 saturated carbocycles. The van der Waals surface area contributed by atoms with Gasteiger partial charge in [-0.05, 0) is 33.1 Å². The van der Waals surface area contributed by atoms with Crippen LogP contribution < -0.4 is 5.32 Å². The van der Waals surface area contributed by atoms with Crippen LogP contribution in [0.25, 0.3) is 0 Å². The molecule has 0 radical (unpaired) electrons. The molecule has 6 nitrogen and oxygen atoms in total. The van der Waals surface area contributed by atoms with E-state index in [0.29, 0.717) is 26.2 Å². The fourth-order valence-electron chi connectivity index (χ4n) is 3.28. The van der Waals surface area contributed by atoms with E-state index in [1.807, 2.05) is 13.8 Å². The molecule has 0 bridgehead atoms. The fraction of sp³-hybridized carbons (Fsp3) is 0.913. The molecule has 170 valence electrons. The summed E-state index contributed by atoms with van der Waals surface area (Å²) in [5.74, 6) is 0.163. The molecule has 0 aliphatic rings. The molecule has 29 heavy (non-hydrogen) atoms. The van der Waals surface area contributed by atoms with Gasteiger partial charge in [-0.1, -0.05) is 75.9 Å². The minimum Gasteiger partial charge on any atom is -0.380 e. The van der Waals surface area contributed by atoms with Crippen LogP contribution in [0.2, 0.25) is 0 Å². The number of hydrogen-bond acceptors (Lipinski definition) is 4. The smallest absolute Gasteiger partial charge is 0.220 e. The van der Waals surface area contributed by atoms with Gasteiger partial charge in [0.1, 0.15) is 0 Å². The molecule has 0 saturated heterocycles. The maximum atomic E-state index is 11.6. The van der Waals surface area contributed by atoms with Gasteiger partial charge in [-0.2, -0.15) is 5.11 Å². The Morgan fingerprint density at radius 1 is 0.793 bits per heavy atom. The predicted octanol–water partition coefficient (Wildman–Crippen LogP) is 6.45. The Morgan fingerprint density at radius 3 is 1.76 bits per heavy atom. The van der Waals surface area contributed by atoms with Crippen molar-refractivity contribution in [3.05, 3.63) is 0 Å². The van der Waals surface area contributed by atoms with E-state index in [1.54, 1.807) is 7.05 Å². The van der Waals surface area contributed by atoms with Crippen molar-refractivity contribution in [1.82, 2.24) is 5.32 Å². The van der Waals surface area contributed by atoms with Crippen LogP contribution in [0.15, 0.2) is 15.4 Å². The molecule has 0 aromatic heterocycles. The number of hydrogen-bond donors (Lipinski definition) is 1. The first-order chi connectivity index (χ1) is 14.2. The Labute approximate surface area is 179 Å². The number of carbonyl (C=O) groups is 1. The topological polar surface area (TPSA) is 75.4 Å². The summed E-state index contributed by atoms with van der Waals surface area (Å²) >= 11 is 0. The molecule has 1 N–H and O–H groups in total. The van der Waals surface area contributed by atoms with Crippen molar-refractivity contribution in [1.29, 1.82) is 0 Å². The Balaban J connectivity index is 3.19. The summed E-state index contributed by atoms with van der Waals surface area (Å²) in [6.07, 6.45) is 18.5. The van der Waals surface area contributed by atoms with Crippen LogP contribution in [-0.2, 0) is 9.53 Å². The van der Waals surface area contributed by atoms with Gasteiger partial charge >= 0.3 is 0 Å². The Hall–Kier alpha value is -1.30. The fourth-order valence-corrected chi connectivity index (χ4v) is 3.28. The zero-order valence-corrected chi connectivity index (χ0v) is 19.4. The molecule has 0 aromatic rings. The minimum absolute atomic E-state index is 0.163. The lowest BCUT2D eigenvalue weighted by Gasteiger charge is -2.05. The van der Waals surface area contributed by atoms with Crippen LogP contribution in [0, 0.1) is 0 Å². The Morgan fingerprint density at radius 2 is 1.28 bits per heavy atom.